The molecule has 4 N–H and O–H groups in total. The summed E-state index contributed by atoms with van der Waals surface area (Å²) in [4.78, 5) is 7.04. The molecular formula is C6H17N3O2P+. The van der Waals surface area contributed by atoms with Gasteiger partial charge in [0.15, 0.2) is 0 Å². The molecule has 0 amide bonds. The molecule has 0 saturated carbocycles. The first-order valence-electron chi connectivity index (χ1n) is 4.13. The normalized spacial score (nSPS) is 19.8. The molecular weight excluding hydrogens is 177 g/mol. The predicted molar refractivity (Wildman–Crippen MR) is 48.8 cm³/mol. The molecule has 1 rings (SSSR count). The van der Waals surface area contributed by atoms with Crippen LogP contribution in [0.4, 0.5) is 0 Å². The minimum Gasteiger partial charge on any atom is -0.244 e. The fraction of sp³-hybridized carbons (Fsp3) is 1.00. The quantitative estimate of drug-likeness (QED) is 0.411. The van der Waals surface area contributed by atoms with Gasteiger partial charge < -0.3 is 0 Å². The van der Waals surface area contributed by atoms with Crippen LogP contribution in [0.3, 0.4) is 0 Å². The molecule has 12 heavy (non-hydrogen) atoms. The van der Waals surface area contributed by atoms with Crippen LogP contribution in [0.1, 0.15) is 25.7 Å². The number of nitrogens with one attached hydrogen (secondary N) is 3. The van der Waals surface area contributed by atoms with Crippen molar-refractivity contribution in [3.63, 3.8) is 0 Å². The lowest BCUT2D eigenvalue weighted by Gasteiger charge is -2.03. The Morgan fingerprint density at radius 3 is 1.83 bits per heavy atom. The van der Waals surface area contributed by atoms with Gasteiger partial charge in [0.1, 0.15) is 0 Å². The van der Waals surface area contributed by atoms with E-state index >= 15 is 0 Å². The average Bonchev–Trinajstić information content (AvgIpc) is 2.19. The molecule has 0 aliphatic carbocycles. The molecule has 0 bridgehead atoms. The van der Waals surface area contributed by atoms with Gasteiger partial charge in [0.05, 0.1) is 0 Å². The van der Waals surface area contributed by atoms with Crippen LogP contribution < -0.4 is 16.4 Å². The maximum atomic E-state index is 8.51. The molecule has 1 saturated heterocycles. The van der Waals surface area contributed by atoms with E-state index in [1.54, 1.807) is 0 Å². The van der Waals surface area contributed by atoms with Crippen molar-refractivity contribution in [3.8, 4) is 0 Å². The van der Waals surface area contributed by atoms with Crippen LogP contribution in [0.2, 0.25) is 0 Å². The van der Waals surface area contributed by atoms with Crippen molar-refractivity contribution in [1.29, 1.82) is 0 Å². The van der Waals surface area contributed by atoms with Crippen molar-refractivity contribution < 1.29 is 9.46 Å². The predicted octanol–water partition coefficient (Wildman–Crippen LogP) is 0.0769. The molecule has 1 unspecified atom stereocenters. The third-order valence-corrected chi connectivity index (χ3v) is 1.53. The van der Waals surface area contributed by atoms with E-state index in [2.05, 4.69) is 16.4 Å². The van der Waals surface area contributed by atoms with E-state index in [4.69, 9.17) is 9.46 Å². The lowest BCUT2D eigenvalue weighted by Crippen LogP contribution is -2.43. The van der Waals surface area contributed by atoms with Crippen molar-refractivity contribution in [2.45, 2.75) is 25.7 Å². The Morgan fingerprint density at radius 1 is 1.00 bits per heavy atom. The molecule has 1 atom stereocenters. The highest BCUT2D eigenvalue weighted by atomic mass is 31.1. The zero-order valence-corrected chi connectivity index (χ0v) is 8.10. The summed E-state index contributed by atoms with van der Waals surface area (Å²) in [5.74, 6) is 0. The highest BCUT2D eigenvalue weighted by Gasteiger charge is 1.92. The van der Waals surface area contributed by atoms with Gasteiger partial charge in [-0.25, -0.2) is 10.9 Å². The summed E-state index contributed by atoms with van der Waals surface area (Å²) in [5.41, 5.74) is 9.06. The molecule has 1 aliphatic heterocycles. The summed E-state index contributed by atoms with van der Waals surface area (Å²) in [6.45, 7) is 2.15. The maximum Gasteiger partial charge on any atom is 0.491 e. The Labute approximate surface area is 74.2 Å². The van der Waals surface area contributed by atoms with Crippen LogP contribution >= 0.6 is 8.69 Å². The molecule has 5 nitrogen and oxygen atoms in total. The Balaban J connectivity index is 0.000000354. The van der Waals surface area contributed by atoms with Crippen molar-refractivity contribution in [2.75, 3.05) is 13.1 Å². The Hall–Kier alpha value is -0.0600. The fourth-order valence-corrected chi connectivity index (χ4v) is 0.968. The van der Waals surface area contributed by atoms with Gasteiger partial charge in [-0.3, -0.25) is 0 Å². The third-order valence-electron chi connectivity index (χ3n) is 1.53. The first-order chi connectivity index (χ1) is 5.91. The zero-order valence-electron chi connectivity index (χ0n) is 7.10. The lowest BCUT2D eigenvalue weighted by molar-refractivity contribution is 0.442. The van der Waals surface area contributed by atoms with Crippen LogP contribution in [0.5, 0.6) is 0 Å². The number of hydrazine groups is 2. The van der Waals surface area contributed by atoms with Crippen LogP contribution in [0.25, 0.3) is 0 Å². The highest BCUT2D eigenvalue weighted by Crippen LogP contribution is 1.97. The molecule has 0 aromatic rings. The van der Waals surface area contributed by atoms with Crippen molar-refractivity contribution in [3.05, 3.63) is 0 Å². The molecule has 0 radical (unpaired) electrons. The standard InChI is InChI=1S/C6H15N3.HO2P/c1-2-4-6-8-9-7-5-3-1;1-3-2/h7-9H,1-6H2;3H/p+1. The summed E-state index contributed by atoms with van der Waals surface area (Å²) in [5, 5.41) is 0. The average molecular weight is 194 g/mol. The summed E-state index contributed by atoms with van der Waals surface area (Å²) in [7, 11) is -1.17. The Bertz CT molecular complexity index is 76.3. The summed E-state index contributed by atoms with van der Waals surface area (Å²) in [6.07, 6.45) is 5.29. The summed E-state index contributed by atoms with van der Waals surface area (Å²) < 4.78 is 8.51. The van der Waals surface area contributed by atoms with Gasteiger partial charge in [0.25, 0.3) is 0 Å². The number of hydrogen-bond donors (Lipinski definition) is 4. The van der Waals surface area contributed by atoms with E-state index in [9.17, 15) is 0 Å². The minimum atomic E-state index is -1.17. The van der Waals surface area contributed by atoms with Crippen molar-refractivity contribution in [1.82, 2.24) is 16.4 Å². The second kappa shape index (κ2) is 10.9. The van der Waals surface area contributed by atoms with Gasteiger partial charge in [-0.15, -0.1) is 0 Å². The molecule has 1 fully saturated rings. The Morgan fingerprint density at radius 2 is 1.42 bits per heavy atom. The van der Waals surface area contributed by atoms with Gasteiger partial charge in [0.2, 0.25) is 0 Å². The van der Waals surface area contributed by atoms with E-state index in [-0.39, 0.29) is 0 Å². The minimum absolute atomic E-state index is 1.08. The third kappa shape index (κ3) is 9.94. The molecule has 1 aliphatic rings. The van der Waals surface area contributed by atoms with E-state index < -0.39 is 8.69 Å². The topological polar surface area (TPSA) is 73.4 Å². The monoisotopic (exact) mass is 194 g/mol. The van der Waals surface area contributed by atoms with Gasteiger partial charge >= 0.3 is 8.69 Å². The van der Waals surface area contributed by atoms with Gasteiger partial charge in [-0.1, -0.05) is 12.8 Å². The SMILES string of the molecule is C1CCCNNNCC1.O=[PH+]O. The molecule has 6 heteroatoms. The highest BCUT2D eigenvalue weighted by molar-refractivity contribution is 7.16. The Kier molecular flexibility index (Phi) is 10.9. The van der Waals surface area contributed by atoms with E-state index in [1.807, 2.05) is 0 Å². The van der Waals surface area contributed by atoms with Crippen molar-refractivity contribution >= 4 is 8.69 Å². The van der Waals surface area contributed by atoms with E-state index in [1.165, 1.54) is 25.7 Å². The fourth-order valence-electron chi connectivity index (χ4n) is 0.968. The maximum absolute atomic E-state index is 8.51. The second-order valence-corrected chi connectivity index (χ2v) is 2.67. The molecule has 1 heterocycles. The van der Waals surface area contributed by atoms with Crippen LogP contribution in [-0.2, 0) is 4.57 Å². The van der Waals surface area contributed by atoms with Crippen molar-refractivity contribution in [2.24, 2.45) is 0 Å². The largest absolute Gasteiger partial charge is 0.491 e. The lowest BCUT2D eigenvalue weighted by atomic mass is 10.2. The van der Waals surface area contributed by atoms with Gasteiger partial charge in [0, 0.05) is 13.1 Å². The van der Waals surface area contributed by atoms with Gasteiger partial charge in [-0.05, 0) is 17.4 Å². The number of hydrogen-bond acceptors (Lipinski definition) is 4. The zero-order chi connectivity index (χ0) is 9.07. The first-order valence-corrected chi connectivity index (χ1v) is 4.99. The summed E-state index contributed by atoms with van der Waals surface area (Å²) >= 11 is 0. The summed E-state index contributed by atoms with van der Waals surface area (Å²) in [6, 6.07) is 0. The van der Waals surface area contributed by atoms with E-state index in [0.29, 0.717) is 0 Å². The van der Waals surface area contributed by atoms with E-state index in [0.717, 1.165) is 13.1 Å². The van der Waals surface area contributed by atoms with Crippen LogP contribution in [-0.4, -0.2) is 18.0 Å². The van der Waals surface area contributed by atoms with Gasteiger partial charge in [-0.2, -0.15) is 10.4 Å². The molecule has 0 aromatic heterocycles. The molecule has 0 aromatic carbocycles. The number of rotatable bonds is 0. The van der Waals surface area contributed by atoms with Crippen LogP contribution in [0, 0.1) is 0 Å². The second-order valence-electron chi connectivity index (χ2n) is 2.48. The first kappa shape index (κ1) is 11.9. The van der Waals surface area contributed by atoms with Crippen LogP contribution in [0.15, 0.2) is 0 Å². The molecule has 72 valence electrons. The molecule has 0 spiro atoms. The smallest absolute Gasteiger partial charge is 0.244 e.